The molecule has 0 aliphatic heterocycles. The maximum Gasteiger partial charge on any atom is 0.344 e. The monoisotopic (exact) mass is 248 g/mol. The van der Waals surface area contributed by atoms with Crippen molar-refractivity contribution in [2.75, 3.05) is 6.61 Å². The Bertz CT molecular complexity index is 216. The molecule has 0 aromatic carbocycles. The fraction of sp³-hybridized carbons (Fsp3) is 0.667. The number of rotatable bonds is 4. The number of carbonyl (C=O) groups excluding carboxylic acids is 1. The van der Waals surface area contributed by atoms with Gasteiger partial charge in [-0.15, -0.1) is 11.6 Å². The second-order valence-electron chi connectivity index (χ2n) is 2.04. The van der Waals surface area contributed by atoms with Crippen molar-refractivity contribution >= 4 is 46.7 Å². The summed E-state index contributed by atoms with van der Waals surface area (Å²) in [5.41, 5.74) is 0. The Morgan fingerprint density at radius 1 is 1.54 bits per heavy atom. The van der Waals surface area contributed by atoms with Gasteiger partial charge in [-0.3, -0.25) is 4.79 Å². The third-order valence-corrected chi connectivity index (χ3v) is 2.57. The molecule has 0 saturated heterocycles. The number of hydrogen-bond acceptors (Lipinski definition) is 3. The van der Waals surface area contributed by atoms with Crippen LogP contribution in [0.3, 0.4) is 0 Å². The van der Waals surface area contributed by atoms with Crippen LogP contribution in [0.5, 0.6) is 0 Å². The number of hydrogen-bond donors (Lipinski definition) is 1. The molecular formula is C6H7Cl3O4. The number of alkyl halides is 3. The molecule has 0 aliphatic rings. The molecule has 0 heterocycles. The molecule has 0 aromatic heterocycles. The van der Waals surface area contributed by atoms with Gasteiger partial charge in [0.05, 0.1) is 6.61 Å². The molecule has 13 heavy (non-hydrogen) atoms. The van der Waals surface area contributed by atoms with Gasteiger partial charge < -0.3 is 9.84 Å². The fourth-order valence-electron chi connectivity index (χ4n) is 0.486. The van der Waals surface area contributed by atoms with Crippen molar-refractivity contribution in [1.29, 1.82) is 0 Å². The van der Waals surface area contributed by atoms with Crippen LogP contribution in [0.25, 0.3) is 0 Å². The average molecular weight is 249 g/mol. The molecule has 1 unspecified atom stereocenters. The number of carbonyl (C=O) groups is 2. The normalized spacial score (nSPS) is 13.5. The maximum atomic E-state index is 11.0. The van der Waals surface area contributed by atoms with E-state index in [2.05, 4.69) is 4.74 Å². The van der Waals surface area contributed by atoms with E-state index < -0.39 is 21.6 Å². The summed E-state index contributed by atoms with van der Waals surface area (Å²) >= 11 is 16.1. The van der Waals surface area contributed by atoms with Crippen LogP contribution < -0.4 is 0 Å². The second-order valence-corrected chi connectivity index (χ2v) is 3.87. The molecule has 0 aromatic rings. The Morgan fingerprint density at radius 2 is 2.00 bits per heavy atom. The zero-order chi connectivity index (χ0) is 10.6. The first-order valence-corrected chi connectivity index (χ1v) is 4.45. The van der Waals surface area contributed by atoms with Crippen molar-refractivity contribution in [3.05, 3.63) is 0 Å². The summed E-state index contributed by atoms with van der Waals surface area (Å²) in [6, 6.07) is 0. The van der Waals surface area contributed by atoms with Gasteiger partial charge in [-0.25, -0.2) is 4.79 Å². The van der Waals surface area contributed by atoms with Crippen molar-refractivity contribution in [3.63, 3.8) is 0 Å². The minimum Gasteiger partial charge on any atom is -0.480 e. The lowest BCUT2D eigenvalue weighted by atomic mass is 10.3. The number of aliphatic carboxylic acids is 1. The SMILES string of the molecule is CCOC(=O)C(Cl)(Cl)C(Cl)C(=O)O. The van der Waals surface area contributed by atoms with Crippen LogP contribution in [0.4, 0.5) is 0 Å². The van der Waals surface area contributed by atoms with Gasteiger partial charge in [0.15, 0.2) is 5.38 Å². The Hall–Kier alpha value is -0.190. The second kappa shape index (κ2) is 4.88. The minimum absolute atomic E-state index is 0.0449. The highest BCUT2D eigenvalue weighted by molar-refractivity contribution is 6.62. The molecule has 1 atom stereocenters. The van der Waals surface area contributed by atoms with Crippen LogP contribution in [0.15, 0.2) is 0 Å². The topological polar surface area (TPSA) is 63.6 Å². The van der Waals surface area contributed by atoms with Crippen molar-refractivity contribution in [2.45, 2.75) is 16.6 Å². The zero-order valence-corrected chi connectivity index (χ0v) is 8.86. The molecule has 1 N–H and O–H groups in total. The van der Waals surface area contributed by atoms with Crippen LogP contribution in [0.2, 0.25) is 0 Å². The number of ether oxygens (including phenoxy) is 1. The molecule has 0 fully saturated rings. The highest BCUT2D eigenvalue weighted by atomic mass is 35.5. The van der Waals surface area contributed by atoms with Gasteiger partial charge >= 0.3 is 11.9 Å². The lowest BCUT2D eigenvalue weighted by Gasteiger charge is -2.19. The molecule has 0 radical (unpaired) electrons. The van der Waals surface area contributed by atoms with Crippen molar-refractivity contribution in [1.82, 2.24) is 0 Å². The zero-order valence-electron chi connectivity index (χ0n) is 6.59. The highest BCUT2D eigenvalue weighted by Gasteiger charge is 2.47. The molecule has 4 nitrogen and oxygen atoms in total. The predicted molar refractivity (Wildman–Crippen MR) is 48.3 cm³/mol. The Morgan fingerprint density at radius 3 is 2.31 bits per heavy atom. The molecule has 0 rings (SSSR count). The van der Waals surface area contributed by atoms with Gasteiger partial charge in [-0.1, -0.05) is 23.2 Å². The van der Waals surface area contributed by atoms with E-state index in [0.717, 1.165) is 0 Å². The summed E-state index contributed by atoms with van der Waals surface area (Å²) in [6.45, 7) is 1.58. The van der Waals surface area contributed by atoms with E-state index in [9.17, 15) is 9.59 Å². The quantitative estimate of drug-likeness (QED) is 0.604. The van der Waals surface area contributed by atoms with Gasteiger partial charge in [-0.2, -0.15) is 0 Å². The summed E-state index contributed by atoms with van der Waals surface area (Å²) in [7, 11) is 0. The van der Waals surface area contributed by atoms with Gasteiger partial charge in [0.1, 0.15) is 0 Å². The van der Waals surface area contributed by atoms with Crippen LogP contribution in [-0.2, 0) is 14.3 Å². The van der Waals surface area contributed by atoms with E-state index in [-0.39, 0.29) is 6.61 Å². The van der Waals surface area contributed by atoms with Gasteiger partial charge in [0.25, 0.3) is 0 Å². The third-order valence-electron chi connectivity index (χ3n) is 1.08. The van der Waals surface area contributed by atoms with Crippen molar-refractivity contribution in [2.24, 2.45) is 0 Å². The standard InChI is InChI=1S/C6H7Cl3O4/c1-2-13-5(12)6(8,9)3(7)4(10)11/h3H,2H2,1H3,(H,10,11). The van der Waals surface area contributed by atoms with Crippen molar-refractivity contribution < 1.29 is 19.4 Å². The molecule has 0 amide bonds. The van der Waals surface area contributed by atoms with E-state index in [4.69, 9.17) is 39.9 Å². The highest BCUT2D eigenvalue weighted by Crippen LogP contribution is 2.31. The fourth-order valence-corrected chi connectivity index (χ4v) is 0.871. The summed E-state index contributed by atoms with van der Waals surface area (Å²) in [5.74, 6) is -2.56. The Labute approximate surface area is 89.7 Å². The predicted octanol–water partition coefficient (Wildman–Crippen LogP) is 1.42. The van der Waals surface area contributed by atoms with E-state index in [1.165, 1.54) is 6.92 Å². The number of carboxylic acids is 1. The van der Waals surface area contributed by atoms with E-state index in [1.54, 1.807) is 0 Å². The Kier molecular flexibility index (Phi) is 4.81. The van der Waals surface area contributed by atoms with Gasteiger partial charge in [0, 0.05) is 0 Å². The summed E-state index contributed by atoms with van der Waals surface area (Å²) in [4.78, 5) is 21.3. The number of esters is 1. The van der Waals surface area contributed by atoms with Crippen LogP contribution in [-0.4, -0.2) is 33.4 Å². The lowest BCUT2D eigenvalue weighted by molar-refractivity contribution is -0.147. The lowest BCUT2D eigenvalue weighted by Crippen LogP contribution is -2.42. The number of halogens is 3. The van der Waals surface area contributed by atoms with Gasteiger partial charge in [0.2, 0.25) is 4.33 Å². The summed E-state index contributed by atoms with van der Waals surface area (Å²) in [5, 5.41) is 6.69. The molecule has 0 aliphatic carbocycles. The van der Waals surface area contributed by atoms with Crippen molar-refractivity contribution in [3.8, 4) is 0 Å². The average Bonchev–Trinajstić information content (AvgIpc) is 2.03. The maximum absolute atomic E-state index is 11.0. The first kappa shape index (κ1) is 12.8. The summed E-state index contributed by atoms with van der Waals surface area (Å²) < 4.78 is 2.17. The molecule has 0 bridgehead atoms. The smallest absolute Gasteiger partial charge is 0.344 e. The van der Waals surface area contributed by atoms with Gasteiger partial charge in [-0.05, 0) is 6.92 Å². The number of carboxylic acid groups (broad SMARTS) is 1. The first-order chi connectivity index (χ1) is 5.84. The van der Waals surface area contributed by atoms with E-state index >= 15 is 0 Å². The first-order valence-electron chi connectivity index (χ1n) is 3.26. The summed E-state index contributed by atoms with van der Waals surface area (Å²) in [6.07, 6.45) is 0. The van der Waals surface area contributed by atoms with Crippen LogP contribution in [0, 0.1) is 0 Å². The molecule has 0 saturated carbocycles. The molecular weight excluding hydrogens is 242 g/mol. The molecule has 7 heteroatoms. The minimum atomic E-state index is -2.26. The van der Waals surface area contributed by atoms with Crippen LogP contribution in [0.1, 0.15) is 6.92 Å². The van der Waals surface area contributed by atoms with E-state index in [1.807, 2.05) is 0 Å². The third kappa shape index (κ3) is 3.21. The largest absolute Gasteiger partial charge is 0.480 e. The molecule has 0 spiro atoms. The van der Waals surface area contributed by atoms with Crippen LogP contribution >= 0.6 is 34.8 Å². The van der Waals surface area contributed by atoms with E-state index in [0.29, 0.717) is 0 Å². The Balaban J connectivity index is 4.54. The molecule has 76 valence electrons.